The van der Waals surface area contributed by atoms with Crippen LogP contribution in [0.3, 0.4) is 0 Å². The third-order valence-electron chi connectivity index (χ3n) is 10.7. The van der Waals surface area contributed by atoms with Crippen molar-refractivity contribution in [1.29, 1.82) is 0 Å². The van der Waals surface area contributed by atoms with E-state index in [1.807, 2.05) is 85.2 Å². The molecule has 11 rings (SSSR count). The molecule has 0 fully saturated rings. The Labute approximate surface area is 322 Å². The zero-order valence-electron chi connectivity index (χ0n) is 30.1. The minimum Gasteiger partial charge on any atom is -0.456 e. The number of hydrogen-bond donors (Lipinski definition) is 0. The van der Waals surface area contributed by atoms with Gasteiger partial charge in [-0.1, -0.05) is 133 Å². The van der Waals surface area contributed by atoms with Gasteiger partial charge in [0.15, 0.2) is 5.82 Å². The van der Waals surface area contributed by atoms with Gasteiger partial charge in [-0.2, -0.15) is 0 Å². The summed E-state index contributed by atoms with van der Waals surface area (Å²) >= 11 is 0. The normalized spacial score (nSPS) is 11.6. The number of rotatable bonds is 6. The topological polar surface area (TPSA) is 65.0 Å². The first-order valence-electron chi connectivity index (χ1n) is 18.7. The van der Waals surface area contributed by atoms with Gasteiger partial charge in [0.25, 0.3) is 0 Å². The highest BCUT2D eigenvalue weighted by Gasteiger charge is 2.21. The number of aromatic nitrogens is 3. The first-order chi connectivity index (χ1) is 27.8. The Morgan fingerprint density at radius 2 is 0.875 bits per heavy atom. The summed E-state index contributed by atoms with van der Waals surface area (Å²) in [6.07, 6.45) is 3.63. The highest BCUT2D eigenvalue weighted by Crippen LogP contribution is 2.45. The molecule has 262 valence electrons. The molecule has 0 aliphatic heterocycles. The van der Waals surface area contributed by atoms with E-state index in [9.17, 15) is 0 Å². The molecule has 0 aliphatic carbocycles. The molecule has 0 aliphatic rings. The third kappa shape index (κ3) is 5.29. The van der Waals surface area contributed by atoms with Crippen LogP contribution >= 0.6 is 0 Å². The molecule has 4 aromatic heterocycles. The van der Waals surface area contributed by atoms with E-state index in [1.165, 1.54) is 0 Å². The third-order valence-corrected chi connectivity index (χ3v) is 10.7. The quantitative estimate of drug-likeness (QED) is 0.171. The van der Waals surface area contributed by atoms with Crippen molar-refractivity contribution in [3.63, 3.8) is 0 Å². The zero-order chi connectivity index (χ0) is 37.0. The average Bonchev–Trinajstić information content (AvgIpc) is 3.86. The highest BCUT2D eigenvalue weighted by molar-refractivity contribution is 6.21. The lowest BCUT2D eigenvalue weighted by Crippen LogP contribution is -1.97. The number of benzene rings is 7. The number of furan rings is 2. The van der Waals surface area contributed by atoms with Crippen molar-refractivity contribution >= 4 is 43.9 Å². The van der Waals surface area contributed by atoms with Crippen LogP contribution in [0.15, 0.2) is 197 Å². The monoisotopic (exact) mass is 717 g/mol. The van der Waals surface area contributed by atoms with Crippen LogP contribution < -0.4 is 0 Å². The van der Waals surface area contributed by atoms with E-state index in [-0.39, 0.29) is 0 Å². The van der Waals surface area contributed by atoms with Gasteiger partial charge in [0, 0.05) is 56.2 Å². The number of fused-ring (bicyclic) bond motifs is 6. The molecule has 7 aromatic carbocycles. The van der Waals surface area contributed by atoms with Crippen LogP contribution in [0.2, 0.25) is 0 Å². The van der Waals surface area contributed by atoms with Gasteiger partial charge in [-0.25, -0.2) is 9.97 Å². The summed E-state index contributed by atoms with van der Waals surface area (Å²) in [5, 5.41) is 4.37. The Hall–Kier alpha value is -7.63. The fourth-order valence-corrected chi connectivity index (χ4v) is 8.03. The van der Waals surface area contributed by atoms with Crippen LogP contribution in [0.4, 0.5) is 0 Å². The smallest absolute Gasteiger partial charge is 0.161 e. The zero-order valence-corrected chi connectivity index (χ0v) is 30.1. The molecular weight excluding hydrogens is 687 g/mol. The largest absolute Gasteiger partial charge is 0.456 e. The van der Waals surface area contributed by atoms with E-state index in [0.29, 0.717) is 5.82 Å². The molecule has 0 atom stereocenters. The molecule has 0 saturated heterocycles. The number of hydrogen-bond acceptors (Lipinski definition) is 5. The molecule has 0 saturated carbocycles. The van der Waals surface area contributed by atoms with Crippen molar-refractivity contribution in [3.8, 4) is 67.3 Å². The van der Waals surface area contributed by atoms with Crippen molar-refractivity contribution in [2.24, 2.45) is 0 Å². The van der Waals surface area contributed by atoms with Gasteiger partial charge < -0.3 is 8.83 Å². The van der Waals surface area contributed by atoms with E-state index in [4.69, 9.17) is 18.8 Å². The standard InChI is InChI=1S/C51H31N3O2/c1-2-11-34(12-3-1)43-31-44(54-51(53-43)40-14-5-4-13-36(40)33-27-29-52-30-28-33)35-23-21-32(22-24-35)37-25-26-39(49-42-16-7-9-19-46(42)56-50(37)49)38-17-10-20-47-48(38)41-15-6-8-18-45(41)55-47/h1-31H. The maximum Gasteiger partial charge on any atom is 0.161 e. The summed E-state index contributed by atoms with van der Waals surface area (Å²) in [6.45, 7) is 0. The van der Waals surface area contributed by atoms with Crippen LogP contribution in [0.1, 0.15) is 0 Å². The van der Waals surface area contributed by atoms with Crippen LogP contribution in [-0.2, 0) is 0 Å². The fraction of sp³-hybridized carbons (Fsp3) is 0. The van der Waals surface area contributed by atoms with Crippen molar-refractivity contribution in [1.82, 2.24) is 15.0 Å². The lowest BCUT2D eigenvalue weighted by Gasteiger charge is -2.13. The summed E-state index contributed by atoms with van der Waals surface area (Å²) in [4.78, 5) is 14.6. The number of para-hydroxylation sites is 2. The highest BCUT2D eigenvalue weighted by atomic mass is 16.3. The Bertz CT molecular complexity index is 3240. The summed E-state index contributed by atoms with van der Waals surface area (Å²) in [5.41, 5.74) is 14.6. The molecule has 0 unspecified atom stereocenters. The Morgan fingerprint density at radius 3 is 1.64 bits per heavy atom. The van der Waals surface area contributed by atoms with Gasteiger partial charge in [-0.05, 0) is 70.3 Å². The predicted molar refractivity (Wildman–Crippen MR) is 227 cm³/mol. The molecule has 0 N–H and O–H groups in total. The van der Waals surface area contributed by atoms with Gasteiger partial charge in [-0.3, -0.25) is 4.98 Å². The van der Waals surface area contributed by atoms with Crippen molar-refractivity contribution in [3.05, 3.63) is 188 Å². The van der Waals surface area contributed by atoms with Crippen LogP contribution in [0.25, 0.3) is 111 Å². The molecule has 5 heteroatoms. The molecule has 4 heterocycles. The Kier molecular flexibility index (Phi) is 7.42. The minimum atomic E-state index is 0.665. The number of nitrogens with zero attached hydrogens (tertiary/aromatic N) is 3. The lowest BCUT2D eigenvalue weighted by atomic mass is 9.92. The van der Waals surface area contributed by atoms with E-state index < -0.39 is 0 Å². The van der Waals surface area contributed by atoms with Crippen molar-refractivity contribution < 1.29 is 8.83 Å². The second-order valence-corrected chi connectivity index (χ2v) is 13.9. The summed E-state index contributed by atoms with van der Waals surface area (Å²) < 4.78 is 13.0. The molecule has 0 radical (unpaired) electrons. The summed E-state index contributed by atoms with van der Waals surface area (Å²) in [7, 11) is 0. The molecule has 0 bridgehead atoms. The second-order valence-electron chi connectivity index (χ2n) is 13.9. The molecule has 0 spiro atoms. The summed E-state index contributed by atoms with van der Waals surface area (Å²) in [6, 6.07) is 60.5. The molecule has 5 nitrogen and oxygen atoms in total. The van der Waals surface area contributed by atoms with Crippen LogP contribution in [-0.4, -0.2) is 15.0 Å². The van der Waals surface area contributed by atoms with E-state index >= 15 is 0 Å². The molecule has 56 heavy (non-hydrogen) atoms. The SMILES string of the molecule is c1ccc(-c2cc(-c3ccc(-c4ccc(-c5cccc6oc7ccccc7c56)c5c4oc4ccccc45)cc3)nc(-c3ccccc3-c3ccncc3)n2)cc1. The van der Waals surface area contributed by atoms with Gasteiger partial charge in [-0.15, -0.1) is 0 Å². The lowest BCUT2D eigenvalue weighted by molar-refractivity contribution is 0.668. The Balaban J connectivity index is 1.05. The van der Waals surface area contributed by atoms with E-state index in [0.717, 1.165) is 105 Å². The number of pyridine rings is 1. The van der Waals surface area contributed by atoms with Gasteiger partial charge in [0.05, 0.1) is 11.4 Å². The fourth-order valence-electron chi connectivity index (χ4n) is 8.03. The molecular formula is C51H31N3O2. The van der Waals surface area contributed by atoms with Crippen LogP contribution in [0.5, 0.6) is 0 Å². The Morgan fingerprint density at radius 1 is 0.339 bits per heavy atom. The van der Waals surface area contributed by atoms with E-state index in [2.05, 4.69) is 108 Å². The van der Waals surface area contributed by atoms with Crippen molar-refractivity contribution in [2.45, 2.75) is 0 Å². The van der Waals surface area contributed by atoms with E-state index in [1.54, 1.807) is 0 Å². The first kappa shape index (κ1) is 31.9. The van der Waals surface area contributed by atoms with Crippen LogP contribution in [0, 0.1) is 0 Å². The maximum absolute atomic E-state index is 6.73. The predicted octanol–water partition coefficient (Wildman–Crippen LogP) is 13.7. The van der Waals surface area contributed by atoms with Gasteiger partial charge >= 0.3 is 0 Å². The van der Waals surface area contributed by atoms with Gasteiger partial charge in [0.1, 0.15) is 22.3 Å². The van der Waals surface area contributed by atoms with Gasteiger partial charge in [0.2, 0.25) is 0 Å². The molecule has 11 aromatic rings. The average molecular weight is 718 g/mol. The summed E-state index contributed by atoms with van der Waals surface area (Å²) in [5.74, 6) is 0.665. The maximum atomic E-state index is 6.73. The second kappa shape index (κ2) is 13.0. The minimum absolute atomic E-state index is 0.665. The van der Waals surface area contributed by atoms with Crippen molar-refractivity contribution in [2.75, 3.05) is 0 Å². The first-order valence-corrected chi connectivity index (χ1v) is 18.7. The molecule has 0 amide bonds.